The molecule has 98 valence electrons. The number of amides is 1. The van der Waals surface area contributed by atoms with Gasteiger partial charge >= 0.3 is 0 Å². The summed E-state index contributed by atoms with van der Waals surface area (Å²) in [4.78, 5) is 14.3. The molecule has 17 heavy (non-hydrogen) atoms. The summed E-state index contributed by atoms with van der Waals surface area (Å²) in [6.45, 7) is 6.03. The van der Waals surface area contributed by atoms with E-state index >= 15 is 0 Å². The Morgan fingerprint density at radius 3 is 2.82 bits per heavy atom. The van der Waals surface area contributed by atoms with E-state index in [1.165, 1.54) is 25.8 Å². The number of hydrogen-bond donors (Lipinski definition) is 2. The van der Waals surface area contributed by atoms with Gasteiger partial charge in [-0.25, -0.2) is 0 Å². The molecule has 0 aliphatic carbocycles. The van der Waals surface area contributed by atoms with Crippen molar-refractivity contribution >= 4 is 5.91 Å². The van der Waals surface area contributed by atoms with Gasteiger partial charge in [0.25, 0.3) is 0 Å². The van der Waals surface area contributed by atoms with Crippen molar-refractivity contribution < 1.29 is 4.79 Å². The molecule has 2 unspecified atom stereocenters. The minimum Gasteiger partial charge on any atom is -0.354 e. The van der Waals surface area contributed by atoms with Crippen LogP contribution < -0.4 is 10.6 Å². The van der Waals surface area contributed by atoms with E-state index < -0.39 is 0 Å². The topological polar surface area (TPSA) is 44.4 Å². The van der Waals surface area contributed by atoms with E-state index in [-0.39, 0.29) is 11.8 Å². The number of nitrogens with one attached hydrogen (secondary N) is 2. The van der Waals surface area contributed by atoms with Crippen molar-refractivity contribution in [1.29, 1.82) is 0 Å². The summed E-state index contributed by atoms with van der Waals surface area (Å²) >= 11 is 0. The van der Waals surface area contributed by atoms with Gasteiger partial charge in [0.1, 0.15) is 0 Å². The number of likely N-dealkylation sites (N-methyl/N-ethyl adjacent to an activating group) is 1. The van der Waals surface area contributed by atoms with Crippen LogP contribution in [0.5, 0.6) is 0 Å². The maximum absolute atomic E-state index is 12.0. The minimum absolute atomic E-state index is 0.158. The van der Waals surface area contributed by atoms with Gasteiger partial charge in [-0.1, -0.05) is 13.3 Å². The average molecular weight is 239 g/mol. The predicted octanol–water partition coefficient (Wildman–Crippen LogP) is 0.442. The third-order valence-corrected chi connectivity index (χ3v) is 4.37. The molecular formula is C13H25N3O. The van der Waals surface area contributed by atoms with Gasteiger partial charge in [-0.2, -0.15) is 0 Å². The van der Waals surface area contributed by atoms with E-state index in [4.69, 9.17) is 0 Å². The van der Waals surface area contributed by atoms with Crippen LogP contribution in [-0.2, 0) is 4.79 Å². The quantitative estimate of drug-likeness (QED) is 0.748. The third-order valence-electron chi connectivity index (χ3n) is 4.37. The van der Waals surface area contributed by atoms with Gasteiger partial charge in [-0.3, -0.25) is 4.79 Å². The molecule has 0 aromatic rings. The molecule has 2 aliphatic rings. The summed E-state index contributed by atoms with van der Waals surface area (Å²) in [5.74, 6) is 0.930. The first-order valence-electron chi connectivity index (χ1n) is 6.87. The van der Waals surface area contributed by atoms with Crippen LogP contribution in [0.25, 0.3) is 0 Å². The zero-order chi connectivity index (χ0) is 12.3. The van der Waals surface area contributed by atoms with Gasteiger partial charge in [0.2, 0.25) is 5.91 Å². The number of hydrogen-bond acceptors (Lipinski definition) is 3. The van der Waals surface area contributed by atoms with Crippen LogP contribution in [0.2, 0.25) is 0 Å². The Hall–Kier alpha value is -0.610. The fourth-order valence-corrected chi connectivity index (χ4v) is 2.66. The number of carbonyl (C=O) groups excluding carboxylic acids is 1. The molecule has 0 radical (unpaired) electrons. The smallest absolute Gasteiger partial charge is 0.223 e. The van der Waals surface area contributed by atoms with E-state index in [1.54, 1.807) is 0 Å². The molecule has 2 N–H and O–H groups in total. The Bertz CT molecular complexity index is 265. The zero-order valence-corrected chi connectivity index (χ0v) is 11.0. The second-order valence-electron chi connectivity index (χ2n) is 5.58. The number of carbonyl (C=O) groups is 1. The lowest BCUT2D eigenvalue weighted by atomic mass is 9.88. The Balaban J connectivity index is 1.71. The molecule has 2 saturated heterocycles. The Morgan fingerprint density at radius 2 is 2.24 bits per heavy atom. The van der Waals surface area contributed by atoms with Crippen LogP contribution in [0.15, 0.2) is 0 Å². The lowest BCUT2D eigenvalue weighted by Crippen LogP contribution is -2.51. The first kappa shape index (κ1) is 12.8. The maximum atomic E-state index is 12.0. The van der Waals surface area contributed by atoms with Gasteiger partial charge in [0, 0.05) is 18.5 Å². The highest BCUT2D eigenvalue weighted by Crippen LogP contribution is 2.17. The van der Waals surface area contributed by atoms with Crippen molar-refractivity contribution in [1.82, 2.24) is 15.5 Å². The molecule has 0 spiro atoms. The van der Waals surface area contributed by atoms with E-state index in [9.17, 15) is 4.79 Å². The fraction of sp³-hybridized carbons (Fsp3) is 0.923. The van der Waals surface area contributed by atoms with Crippen LogP contribution in [0.1, 0.15) is 26.2 Å². The van der Waals surface area contributed by atoms with Crippen LogP contribution >= 0.6 is 0 Å². The monoisotopic (exact) mass is 239 g/mol. The molecule has 2 rings (SSSR count). The standard InChI is InChI=1S/C13H25N3O/c1-10(11-7-14-8-11)13(17)15-9-12-5-3-4-6-16(12)2/h10-12,14H,3-9H2,1-2H3,(H,15,17). The minimum atomic E-state index is 0.158. The van der Waals surface area contributed by atoms with Crippen molar-refractivity contribution in [3.63, 3.8) is 0 Å². The number of likely N-dealkylation sites (tertiary alicyclic amines) is 1. The summed E-state index contributed by atoms with van der Waals surface area (Å²) in [6, 6.07) is 0.541. The van der Waals surface area contributed by atoms with Crippen molar-refractivity contribution in [3.05, 3.63) is 0 Å². The molecule has 0 aromatic carbocycles. The molecular weight excluding hydrogens is 214 g/mol. The molecule has 0 saturated carbocycles. The first-order valence-corrected chi connectivity index (χ1v) is 6.87. The highest BCUT2D eigenvalue weighted by molar-refractivity contribution is 5.78. The van der Waals surface area contributed by atoms with Crippen LogP contribution in [-0.4, -0.2) is 50.1 Å². The van der Waals surface area contributed by atoms with Gasteiger partial charge < -0.3 is 15.5 Å². The molecule has 0 aromatic heterocycles. The molecule has 1 amide bonds. The van der Waals surface area contributed by atoms with Crippen LogP contribution in [0.4, 0.5) is 0 Å². The number of rotatable bonds is 4. The SMILES string of the molecule is CC(C(=O)NCC1CCCCN1C)C1CNC1. The summed E-state index contributed by atoms with van der Waals surface area (Å²) < 4.78 is 0. The lowest BCUT2D eigenvalue weighted by Gasteiger charge is -2.34. The van der Waals surface area contributed by atoms with Gasteiger partial charge in [-0.15, -0.1) is 0 Å². The summed E-state index contributed by atoms with van der Waals surface area (Å²) in [5, 5.41) is 6.34. The van der Waals surface area contributed by atoms with Gasteiger partial charge in [0.15, 0.2) is 0 Å². The lowest BCUT2D eigenvalue weighted by molar-refractivity contribution is -0.127. The highest BCUT2D eigenvalue weighted by atomic mass is 16.1. The molecule has 2 atom stereocenters. The molecule has 2 heterocycles. The summed E-state index contributed by atoms with van der Waals surface area (Å²) in [5.41, 5.74) is 0. The van der Waals surface area contributed by atoms with E-state index in [1.807, 2.05) is 6.92 Å². The number of nitrogens with zero attached hydrogens (tertiary/aromatic N) is 1. The van der Waals surface area contributed by atoms with Crippen LogP contribution in [0.3, 0.4) is 0 Å². The molecule has 4 heteroatoms. The summed E-state index contributed by atoms with van der Waals surface area (Å²) in [7, 11) is 2.16. The molecule has 0 bridgehead atoms. The largest absolute Gasteiger partial charge is 0.354 e. The predicted molar refractivity (Wildman–Crippen MR) is 68.8 cm³/mol. The van der Waals surface area contributed by atoms with Gasteiger partial charge in [0.05, 0.1) is 0 Å². The van der Waals surface area contributed by atoms with Crippen molar-refractivity contribution in [2.75, 3.05) is 33.2 Å². The van der Waals surface area contributed by atoms with Crippen molar-refractivity contribution in [3.8, 4) is 0 Å². The Labute approximate surface area is 104 Å². The Morgan fingerprint density at radius 1 is 1.47 bits per heavy atom. The second-order valence-corrected chi connectivity index (χ2v) is 5.58. The normalized spacial score (nSPS) is 28.5. The van der Waals surface area contributed by atoms with Gasteiger partial charge in [-0.05, 0) is 45.4 Å². The number of piperidine rings is 1. The fourth-order valence-electron chi connectivity index (χ4n) is 2.66. The third kappa shape index (κ3) is 3.19. The molecule has 4 nitrogen and oxygen atoms in total. The maximum Gasteiger partial charge on any atom is 0.223 e. The molecule has 2 fully saturated rings. The van der Waals surface area contributed by atoms with E-state index in [2.05, 4.69) is 22.6 Å². The van der Waals surface area contributed by atoms with E-state index in [0.717, 1.165) is 19.6 Å². The van der Waals surface area contributed by atoms with E-state index in [0.29, 0.717) is 12.0 Å². The first-order chi connectivity index (χ1) is 8.18. The Kier molecular flexibility index (Phi) is 4.40. The highest BCUT2D eigenvalue weighted by Gasteiger charge is 2.29. The van der Waals surface area contributed by atoms with Crippen LogP contribution in [0, 0.1) is 11.8 Å². The van der Waals surface area contributed by atoms with Crippen molar-refractivity contribution in [2.24, 2.45) is 11.8 Å². The summed E-state index contributed by atoms with van der Waals surface area (Å²) in [6.07, 6.45) is 3.81. The second kappa shape index (κ2) is 5.83. The zero-order valence-electron chi connectivity index (χ0n) is 11.0. The average Bonchev–Trinajstić information content (AvgIpc) is 2.25. The molecule has 2 aliphatic heterocycles. The van der Waals surface area contributed by atoms with Crippen molar-refractivity contribution in [2.45, 2.75) is 32.2 Å².